The van der Waals surface area contributed by atoms with Crippen LogP contribution in [0.25, 0.3) is 0 Å². The Bertz CT molecular complexity index is 419. The third-order valence-electron chi connectivity index (χ3n) is 3.49. The summed E-state index contributed by atoms with van der Waals surface area (Å²) in [4.78, 5) is 12.0. The van der Waals surface area contributed by atoms with Crippen molar-refractivity contribution < 1.29 is 4.79 Å². The minimum atomic E-state index is 0.215. The maximum absolute atomic E-state index is 12.0. The average molecular weight is 217 g/mol. The van der Waals surface area contributed by atoms with Gasteiger partial charge in [0.15, 0.2) is 5.78 Å². The highest BCUT2D eigenvalue weighted by molar-refractivity contribution is 5.99. The number of hydrogen-bond acceptors (Lipinski definition) is 2. The molecule has 1 aliphatic rings. The Hall–Kier alpha value is -1.15. The van der Waals surface area contributed by atoms with E-state index in [9.17, 15) is 4.79 Å². The van der Waals surface area contributed by atoms with Crippen LogP contribution in [0, 0.1) is 20.8 Å². The van der Waals surface area contributed by atoms with Crippen LogP contribution in [0.2, 0.25) is 0 Å². The number of benzene rings is 1. The predicted octanol–water partition coefficient (Wildman–Crippen LogP) is 2.55. The second kappa shape index (κ2) is 4.38. The van der Waals surface area contributed by atoms with Crippen molar-refractivity contribution in [3.63, 3.8) is 0 Å². The van der Waals surface area contributed by atoms with Gasteiger partial charge in [-0.05, 0) is 50.3 Å². The number of hydrogen-bond donors (Lipinski definition) is 1. The van der Waals surface area contributed by atoms with Gasteiger partial charge in [-0.1, -0.05) is 12.1 Å². The molecule has 0 aromatic heterocycles. The van der Waals surface area contributed by atoms with E-state index in [0.29, 0.717) is 12.6 Å². The minimum absolute atomic E-state index is 0.215. The summed E-state index contributed by atoms with van der Waals surface area (Å²) in [6.45, 7) is 6.68. The number of rotatable bonds is 4. The van der Waals surface area contributed by atoms with Crippen LogP contribution in [0.3, 0.4) is 0 Å². The first-order valence-corrected chi connectivity index (χ1v) is 5.93. The lowest BCUT2D eigenvalue weighted by Gasteiger charge is -2.10. The van der Waals surface area contributed by atoms with Crippen LogP contribution < -0.4 is 5.32 Å². The molecule has 1 aromatic carbocycles. The van der Waals surface area contributed by atoms with E-state index in [1.807, 2.05) is 19.1 Å². The Kier molecular flexibility index (Phi) is 3.10. The second-order valence-corrected chi connectivity index (χ2v) is 4.76. The maximum atomic E-state index is 12.0. The highest BCUT2D eigenvalue weighted by Gasteiger charge is 2.22. The molecule has 16 heavy (non-hydrogen) atoms. The predicted molar refractivity (Wildman–Crippen MR) is 66.0 cm³/mol. The summed E-state index contributed by atoms with van der Waals surface area (Å²) in [6, 6.07) is 4.58. The van der Waals surface area contributed by atoms with Gasteiger partial charge in [-0.25, -0.2) is 0 Å². The fraction of sp³-hybridized carbons (Fsp3) is 0.500. The third kappa shape index (κ3) is 2.33. The molecule has 0 unspecified atom stereocenters. The molecular formula is C14H19NO. The van der Waals surface area contributed by atoms with Gasteiger partial charge in [0.2, 0.25) is 0 Å². The second-order valence-electron chi connectivity index (χ2n) is 4.76. The smallest absolute Gasteiger partial charge is 0.176 e. The Morgan fingerprint density at radius 1 is 1.25 bits per heavy atom. The number of carbonyl (C=O) groups is 1. The monoisotopic (exact) mass is 217 g/mol. The number of Topliss-reactive ketones (excluding diaryl/α,β-unsaturated/α-hetero) is 1. The van der Waals surface area contributed by atoms with E-state index in [2.05, 4.69) is 19.2 Å². The number of nitrogens with one attached hydrogen (secondary N) is 1. The molecule has 1 aliphatic carbocycles. The summed E-state index contributed by atoms with van der Waals surface area (Å²) in [5.41, 5.74) is 4.49. The van der Waals surface area contributed by atoms with Gasteiger partial charge in [0.1, 0.15) is 0 Å². The van der Waals surface area contributed by atoms with Crippen molar-refractivity contribution in [1.82, 2.24) is 5.32 Å². The van der Waals surface area contributed by atoms with Gasteiger partial charge in [0, 0.05) is 11.6 Å². The van der Waals surface area contributed by atoms with Gasteiger partial charge >= 0.3 is 0 Å². The van der Waals surface area contributed by atoms with Crippen LogP contribution in [0.5, 0.6) is 0 Å². The third-order valence-corrected chi connectivity index (χ3v) is 3.49. The SMILES string of the molecule is Cc1ccc(C(=O)CNC2CC2)c(C)c1C. The summed E-state index contributed by atoms with van der Waals surface area (Å²) in [7, 11) is 0. The van der Waals surface area contributed by atoms with Crippen LogP contribution in [0.15, 0.2) is 12.1 Å². The zero-order valence-corrected chi connectivity index (χ0v) is 10.3. The van der Waals surface area contributed by atoms with E-state index in [-0.39, 0.29) is 5.78 Å². The van der Waals surface area contributed by atoms with Gasteiger partial charge in [-0.2, -0.15) is 0 Å². The zero-order chi connectivity index (χ0) is 11.7. The fourth-order valence-electron chi connectivity index (χ4n) is 1.88. The standard InChI is InChI=1S/C14H19NO/c1-9-4-7-13(11(3)10(9)2)14(16)8-15-12-5-6-12/h4,7,12,15H,5-6,8H2,1-3H3. The largest absolute Gasteiger partial charge is 0.307 e. The summed E-state index contributed by atoms with van der Waals surface area (Å²) >= 11 is 0. The normalized spacial score (nSPS) is 15.2. The first-order valence-electron chi connectivity index (χ1n) is 5.93. The van der Waals surface area contributed by atoms with Gasteiger partial charge in [0.05, 0.1) is 6.54 Å². The molecule has 0 atom stereocenters. The fourth-order valence-corrected chi connectivity index (χ4v) is 1.88. The number of carbonyl (C=O) groups excluding carboxylic acids is 1. The van der Waals surface area contributed by atoms with Crippen LogP contribution in [-0.2, 0) is 0 Å². The van der Waals surface area contributed by atoms with Crippen LogP contribution in [0.1, 0.15) is 39.9 Å². The zero-order valence-electron chi connectivity index (χ0n) is 10.3. The molecule has 86 valence electrons. The molecule has 2 rings (SSSR count). The van der Waals surface area contributed by atoms with Crippen molar-refractivity contribution in [1.29, 1.82) is 0 Å². The molecule has 2 heteroatoms. The molecule has 0 saturated heterocycles. The van der Waals surface area contributed by atoms with E-state index in [1.165, 1.54) is 24.0 Å². The van der Waals surface area contributed by atoms with E-state index in [1.54, 1.807) is 0 Å². The van der Waals surface area contributed by atoms with Crippen LogP contribution in [-0.4, -0.2) is 18.4 Å². The summed E-state index contributed by atoms with van der Waals surface area (Å²) < 4.78 is 0. The quantitative estimate of drug-likeness (QED) is 0.785. The summed E-state index contributed by atoms with van der Waals surface area (Å²) in [5, 5.41) is 3.27. The topological polar surface area (TPSA) is 29.1 Å². The van der Waals surface area contributed by atoms with Crippen molar-refractivity contribution in [2.45, 2.75) is 39.7 Å². The van der Waals surface area contributed by atoms with Gasteiger partial charge in [-0.15, -0.1) is 0 Å². The van der Waals surface area contributed by atoms with Crippen molar-refractivity contribution >= 4 is 5.78 Å². The maximum Gasteiger partial charge on any atom is 0.176 e. The number of ketones is 1. The van der Waals surface area contributed by atoms with E-state index >= 15 is 0 Å². The molecule has 1 saturated carbocycles. The van der Waals surface area contributed by atoms with Crippen LogP contribution in [0.4, 0.5) is 0 Å². The molecule has 1 N–H and O–H groups in total. The Balaban J connectivity index is 2.12. The first kappa shape index (κ1) is 11.3. The average Bonchev–Trinajstić information content (AvgIpc) is 3.07. The lowest BCUT2D eigenvalue weighted by molar-refractivity contribution is 0.0990. The molecule has 1 fully saturated rings. The van der Waals surface area contributed by atoms with E-state index in [0.717, 1.165) is 11.1 Å². The van der Waals surface area contributed by atoms with Crippen LogP contribution >= 0.6 is 0 Å². The highest BCUT2D eigenvalue weighted by atomic mass is 16.1. The highest BCUT2D eigenvalue weighted by Crippen LogP contribution is 2.20. The van der Waals surface area contributed by atoms with E-state index < -0.39 is 0 Å². The summed E-state index contributed by atoms with van der Waals surface area (Å²) in [5.74, 6) is 0.215. The molecule has 0 bridgehead atoms. The molecule has 0 aliphatic heterocycles. The van der Waals surface area contributed by atoms with Crippen molar-refractivity contribution in [2.24, 2.45) is 0 Å². The van der Waals surface area contributed by atoms with Crippen molar-refractivity contribution in [2.75, 3.05) is 6.54 Å². The minimum Gasteiger partial charge on any atom is -0.307 e. The molecule has 2 nitrogen and oxygen atoms in total. The molecule has 0 spiro atoms. The molecular weight excluding hydrogens is 198 g/mol. The van der Waals surface area contributed by atoms with E-state index in [4.69, 9.17) is 0 Å². The number of aryl methyl sites for hydroxylation is 1. The van der Waals surface area contributed by atoms with Gasteiger partial charge in [0.25, 0.3) is 0 Å². The molecule has 0 radical (unpaired) electrons. The Morgan fingerprint density at radius 2 is 1.94 bits per heavy atom. The summed E-state index contributed by atoms with van der Waals surface area (Å²) in [6.07, 6.45) is 2.44. The van der Waals surface area contributed by atoms with Gasteiger partial charge in [-0.3, -0.25) is 4.79 Å². The van der Waals surface area contributed by atoms with Crippen molar-refractivity contribution in [3.8, 4) is 0 Å². The Morgan fingerprint density at radius 3 is 2.56 bits per heavy atom. The molecule has 1 aromatic rings. The van der Waals surface area contributed by atoms with Crippen molar-refractivity contribution in [3.05, 3.63) is 34.4 Å². The van der Waals surface area contributed by atoms with Gasteiger partial charge < -0.3 is 5.32 Å². The molecule has 0 amide bonds. The lowest BCUT2D eigenvalue weighted by atomic mass is 9.96. The lowest BCUT2D eigenvalue weighted by Crippen LogP contribution is -2.25. The molecule has 0 heterocycles. The first-order chi connectivity index (χ1) is 7.59. The Labute approximate surface area is 97.1 Å².